The molecule has 2 aromatic rings. The lowest BCUT2D eigenvalue weighted by atomic mass is 10.0. The van der Waals surface area contributed by atoms with E-state index in [2.05, 4.69) is 21.0 Å². The molecule has 0 aliphatic carbocycles. The van der Waals surface area contributed by atoms with Crippen molar-refractivity contribution in [1.29, 1.82) is 0 Å². The fraction of sp³-hybridized carbons (Fsp3) is 0.385. The molecule has 0 radical (unpaired) electrons. The summed E-state index contributed by atoms with van der Waals surface area (Å²) in [5.74, 6) is -0.240. The Morgan fingerprint density at radius 3 is 3.00 bits per heavy atom. The maximum atomic E-state index is 13.8. The fourth-order valence-electron chi connectivity index (χ4n) is 1.84. The molecule has 1 unspecified atom stereocenters. The summed E-state index contributed by atoms with van der Waals surface area (Å²) < 4.78 is 22.0. The van der Waals surface area contributed by atoms with Crippen LogP contribution in [-0.4, -0.2) is 15.3 Å². The summed E-state index contributed by atoms with van der Waals surface area (Å²) in [6.45, 7) is 2.94. The lowest BCUT2D eigenvalue weighted by molar-refractivity contribution is 0.506. The molecule has 2 rings (SSSR count). The summed E-state index contributed by atoms with van der Waals surface area (Å²) >= 11 is 7.08. The van der Waals surface area contributed by atoms with Crippen molar-refractivity contribution in [2.75, 3.05) is 6.54 Å². The van der Waals surface area contributed by atoms with Gasteiger partial charge in [0.05, 0.1) is 29.7 Å². The van der Waals surface area contributed by atoms with Gasteiger partial charge in [0, 0.05) is 5.02 Å². The van der Waals surface area contributed by atoms with Crippen LogP contribution in [0.1, 0.15) is 30.6 Å². The molecule has 0 fully saturated rings. The zero-order valence-electron chi connectivity index (χ0n) is 10.6. The Morgan fingerprint density at radius 2 is 2.32 bits per heavy atom. The van der Waals surface area contributed by atoms with Gasteiger partial charge in [-0.3, -0.25) is 0 Å². The molecule has 3 nitrogen and oxygen atoms in total. The Labute approximate surface area is 121 Å². The largest absolute Gasteiger partial charge is 0.308 e. The van der Waals surface area contributed by atoms with E-state index in [0.717, 1.165) is 30.4 Å². The van der Waals surface area contributed by atoms with Crippen molar-refractivity contribution in [2.45, 2.75) is 25.8 Å². The van der Waals surface area contributed by atoms with E-state index in [1.54, 1.807) is 18.3 Å². The van der Waals surface area contributed by atoms with Crippen LogP contribution in [0.5, 0.6) is 0 Å². The van der Waals surface area contributed by atoms with Crippen LogP contribution in [-0.2, 0) is 6.42 Å². The first-order chi connectivity index (χ1) is 9.20. The zero-order valence-corrected chi connectivity index (χ0v) is 12.1. The number of nitrogens with one attached hydrogen (secondary N) is 1. The van der Waals surface area contributed by atoms with Crippen LogP contribution in [0.2, 0.25) is 5.02 Å². The molecule has 0 amide bonds. The van der Waals surface area contributed by atoms with Gasteiger partial charge in [0.1, 0.15) is 5.82 Å². The van der Waals surface area contributed by atoms with Gasteiger partial charge in [-0.15, -0.1) is 0 Å². The highest BCUT2D eigenvalue weighted by Crippen LogP contribution is 2.22. The highest BCUT2D eigenvalue weighted by molar-refractivity contribution is 6.99. The second-order valence-electron chi connectivity index (χ2n) is 4.28. The average Bonchev–Trinajstić information content (AvgIpc) is 2.92. The number of rotatable bonds is 6. The van der Waals surface area contributed by atoms with E-state index < -0.39 is 0 Å². The van der Waals surface area contributed by atoms with Crippen LogP contribution in [0.3, 0.4) is 0 Å². The predicted octanol–water partition coefficient (Wildman–Crippen LogP) is 3.61. The molecule has 0 spiro atoms. The molecular weight excluding hydrogens is 285 g/mol. The fourth-order valence-corrected chi connectivity index (χ4v) is 2.51. The van der Waals surface area contributed by atoms with Crippen molar-refractivity contribution in [3.8, 4) is 0 Å². The lowest BCUT2D eigenvalue weighted by Crippen LogP contribution is -2.24. The minimum atomic E-state index is -0.240. The topological polar surface area (TPSA) is 37.8 Å². The smallest absolute Gasteiger partial charge is 0.126 e. The van der Waals surface area contributed by atoms with Crippen molar-refractivity contribution in [2.24, 2.45) is 0 Å². The molecule has 1 atom stereocenters. The first kappa shape index (κ1) is 14.4. The Bertz CT molecular complexity index is 519. The third kappa shape index (κ3) is 3.96. The molecule has 1 N–H and O–H groups in total. The summed E-state index contributed by atoms with van der Waals surface area (Å²) in [5, 5.41) is 3.90. The molecule has 102 valence electrons. The third-order valence-electron chi connectivity index (χ3n) is 2.81. The molecule has 0 saturated heterocycles. The zero-order chi connectivity index (χ0) is 13.7. The minimum absolute atomic E-state index is 0.0355. The molecule has 1 aromatic heterocycles. The Morgan fingerprint density at radius 1 is 1.47 bits per heavy atom. The number of nitrogens with zero attached hydrogens (tertiary/aromatic N) is 2. The average molecular weight is 300 g/mol. The van der Waals surface area contributed by atoms with Gasteiger partial charge in [0.15, 0.2) is 0 Å². The van der Waals surface area contributed by atoms with Gasteiger partial charge < -0.3 is 5.32 Å². The van der Waals surface area contributed by atoms with Gasteiger partial charge in [0.25, 0.3) is 0 Å². The number of aromatic nitrogens is 2. The van der Waals surface area contributed by atoms with Crippen LogP contribution in [0, 0.1) is 5.82 Å². The summed E-state index contributed by atoms with van der Waals surface area (Å²) in [7, 11) is 0. The van der Waals surface area contributed by atoms with Crippen molar-refractivity contribution >= 4 is 23.3 Å². The van der Waals surface area contributed by atoms with Crippen molar-refractivity contribution in [3.63, 3.8) is 0 Å². The number of hydrogen-bond acceptors (Lipinski definition) is 4. The quantitative estimate of drug-likeness (QED) is 0.885. The Balaban J connectivity index is 2.17. The molecule has 19 heavy (non-hydrogen) atoms. The number of halogens is 2. The van der Waals surface area contributed by atoms with Gasteiger partial charge in [0.2, 0.25) is 0 Å². The second-order valence-corrected chi connectivity index (χ2v) is 5.27. The summed E-state index contributed by atoms with van der Waals surface area (Å²) in [6, 6.07) is 4.58. The maximum absolute atomic E-state index is 13.8. The van der Waals surface area contributed by atoms with Crippen LogP contribution < -0.4 is 5.32 Å². The van der Waals surface area contributed by atoms with Crippen LogP contribution in [0.4, 0.5) is 4.39 Å². The molecule has 6 heteroatoms. The second kappa shape index (κ2) is 6.93. The van der Waals surface area contributed by atoms with Gasteiger partial charge in [-0.2, -0.15) is 8.75 Å². The molecule has 0 aliphatic heterocycles. The van der Waals surface area contributed by atoms with Crippen LogP contribution in [0.25, 0.3) is 0 Å². The molecule has 0 saturated carbocycles. The summed E-state index contributed by atoms with van der Waals surface area (Å²) in [4.78, 5) is 0. The maximum Gasteiger partial charge on any atom is 0.126 e. The van der Waals surface area contributed by atoms with E-state index in [-0.39, 0.29) is 11.9 Å². The lowest BCUT2D eigenvalue weighted by Gasteiger charge is -2.16. The monoisotopic (exact) mass is 299 g/mol. The van der Waals surface area contributed by atoms with Gasteiger partial charge >= 0.3 is 0 Å². The molecule has 0 aliphatic rings. The highest BCUT2D eigenvalue weighted by Gasteiger charge is 2.16. The van der Waals surface area contributed by atoms with E-state index in [0.29, 0.717) is 17.0 Å². The number of hydrogen-bond donors (Lipinski definition) is 1. The summed E-state index contributed by atoms with van der Waals surface area (Å²) in [6.07, 6.45) is 3.24. The van der Waals surface area contributed by atoms with E-state index >= 15 is 0 Å². The standard InChI is InChI=1S/C13H15ClFN3S/c1-2-5-16-12(13-8-17-19-18-13)7-9-6-10(14)3-4-11(9)15/h3-4,6,8,12,16H,2,5,7H2,1H3. The predicted molar refractivity (Wildman–Crippen MR) is 76.1 cm³/mol. The first-order valence-corrected chi connectivity index (χ1v) is 7.26. The van der Waals surface area contributed by atoms with Gasteiger partial charge in [-0.05, 0) is 43.1 Å². The first-order valence-electron chi connectivity index (χ1n) is 6.15. The van der Waals surface area contributed by atoms with Crippen molar-refractivity contribution in [1.82, 2.24) is 14.1 Å². The van der Waals surface area contributed by atoms with Crippen molar-refractivity contribution in [3.05, 3.63) is 46.5 Å². The molecule has 0 bridgehead atoms. The van der Waals surface area contributed by atoms with Crippen LogP contribution in [0.15, 0.2) is 24.4 Å². The molecular formula is C13H15ClFN3S. The van der Waals surface area contributed by atoms with E-state index in [1.807, 2.05) is 0 Å². The normalized spacial score (nSPS) is 12.6. The number of benzene rings is 1. The SMILES string of the molecule is CCCNC(Cc1cc(Cl)ccc1F)c1cnsn1. The van der Waals surface area contributed by atoms with E-state index in [9.17, 15) is 4.39 Å². The molecule has 1 heterocycles. The Kier molecular flexibility index (Phi) is 5.24. The third-order valence-corrected chi connectivity index (χ3v) is 3.54. The molecule has 1 aromatic carbocycles. The summed E-state index contributed by atoms with van der Waals surface area (Å²) in [5.41, 5.74) is 1.44. The van der Waals surface area contributed by atoms with Crippen molar-refractivity contribution < 1.29 is 4.39 Å². The van der Waals surface area contributed by atoms with E-state index in [4.69, 9.17) is 11.6 Å². The van der Waals surface area contributed by atoms with Gasteiger partial charge in [-0.25, -0.2) is 4.39 Å². The van der Waals surface area contributed by atoms with Crippen LogP contribution >= 0.6 is 23.3 Å². The van der Waals surface area contributed by atoms with Gasteiger partial charge in [-0.1, -0.05) is 18.5 Å². The van der Waals surface area contributed by atoms with E-state index in [1.165, 1.54) is 6.07 Å². The highest BCUT2D eigenvalue weighted by atomic mass is 35.5. The Hall–Kier alpha value is -1.04. The minimum Gasteiger partial charge on any atom is -0.308 e.